The third-order valence-electron chi connectivity index (χ3n) is 4.29. The molecular formula is C18H25NO4. The van der Waals surface area contributed by atoms with Crippen LogP contribution in [0.1, 0.15) is 48.5 Å². The van der Waals surface area contributed by atoms with Crippen LogP contribution < -0.4 is 5.32 Å². The van der Waals surface area contributed by atoms with E-state index in [1.165, 1.54) is 6.42 Å². The molecule has 1 aromatic carbocycles. The first-order valence-corrected chi connectivity index (χ1v) is 8.14. The van der Waals surface area contributed by atoms with E-state index in [0.29, 0.717) is 18.1 Å². The van der Waals surface area contributed by atoms with E-state index in [2.05, 4.69) is 12.2 Å². The number of carbonyl (C=O) groups is 2. The molecule has 1 N–H and O–H groups in total. The van der Waals surface area contributed by atoms with Crippen LogP contribution in [0.4, 0.5) is 0 Å². The molecule has 2 atom stereocenters. The van der Waals surface area contributed by atoms with E-state index >= 15 is 0 Å². The molecule has 5 heteroatoms. The molecule has 1 aliphatic rings. The number of rotatable bonds is 6. The van der Waals surface area contributed by atoms with Crippen molar-refractivity contribution < 1.29 is 19.1 Å². The van der Waals surface area contributed by atoms with E-state index in [1.807, 2.05) is 12.1 Å². The Labute approximate surface area is 137 Å². The highest BCUT2D eigenvalue weighted by Gasteiger charge is 2.23. The van der Waals surface area contributed by atoms with Gasteiger partial charge in [0, 0.05) is 13.2 Å². The number of benzene rings is 1. The van der Waals surface area contributed by atoms with Crippen molar-refractivity contribution in [3.05, 3.63) is 35.4 Å². The fraction of sp³-hybridized carbons (Fsp3) is 0.556. The van der Waals surface area contributed by atoms with Gasteiger partial charge in [-0.15, -0.1) is 0 Å². The predicted molar refractivity (Wildman–Crippen MR) is 87.0 cm³/mol. The van der Waals surface area contributed by atoms with Gasteiger partial charge in [-0.05, 0) is 36.5 Å². The SMILES string of the molecule is COCc1ccc(C(=O)OCC(=O)N[C@@H]2CCCC[C@@H]2C)cc1. The number of carbonyl (C=O) groups excluding carboxylic acids is 2. The van der Waals surface area contributed by atoms with Gasteiger partial charge in [-0.1, -0.05) is 31.9 Å². The van der Waals surface area contributed by atoms with Crippen LogP contribution in [0.3, 0.4) is 0 Å². The van der Waals surface area contributed by atoms with Crippen LogP contribution in [0.15, 0.2) is 24.3 Å². The predicted octanol–water partition coefficient (Wildman–Crippen LogP) is 2.68. The van der Waals surface area contributed by atoms with Crippen LogP contribution in [0.5, 0.6) is 0 Å². The lowest BCUT2D eigenvalue weighted by atomic mass is 9.86. The molecule has 0 saturated heterocycles. The Balaban J connectivity index is 1.77. The molecule has 0 heterocycles. The first kappa shape index (κ1) is 17.5. The first-order chi connectivity index (χ1) is 11.1. The Morgan fingerprint density at radius 2 is 1.87 bits per heavy atom. The second kappa shape index (κ2) is 8.67. The van der Waals surface area contributed by atoms with E-state index in [0.717, 1.165) is 24.8 Å². The Hall–Kier alpha value is -1.88. The van der Waals surface area contributed by atoms with Gasteiger partial charge >= 0.3 is 5.97 Å². The molecule has 1 fully saturated rings. The minimum atomic E-state index is -0.485. The Bertz CT molecular complexity index is 526. The van der Waals surface area contributed by atoms with Crippen molar-refractivity contribution in [2.24, 2.45) is 5.92 Å². The molecule has 126 valence electrons. The smallest absolute Gasteiger partial charge is 0.338 e. The molecule has 5 nitrogen and oxygen atoms in total. The molecule has 1 saturated carbocycles. The summed E-state index contributed by atoms with van der Waals surface area (Å²) in [6, 6.07) is 7.17. The molecule has 0 unspecified atom stereocenters. The second-order valence-electron chi connectivity index (χ2n) is 6.14. The van der Waals surface area contributed by atoms with Gasteiger partial charge in [0.2, 0.25) is 0 Å². The summed E-state index contributed by atoms with van der Waals surface area (Å²) in [5, 5.41) is 2.97. The molecule has 1 aromatic rings. The fourth-order valence-corrected chi connectivity index (χ4v) is 2.90. The zero-order valence-corrected chi connectivity index (χ0v) is 13.8. The van der Waals surface area contributed by atoms with E-state index in [1.54, 1.807) is 19.2 Å². The highest BCUT2D eigenvalue weighted by molar-refractivity contribution is 5.91. The Morgan fingerprint density at radius 3 is 2.52 bits per heavy atom. The molecular weight excluding hydrogens is 294 g/mol. The number of amides is 1. The van der Waals surface area contributed by atoms with Crippen LogP contribution in [-0.4, -0.2) is 31.6 Å². The topological polar surface area (TPSA) is 64.6 Å². The van der Waals surface area contributed by atoms with E-state index < -0.39 is 5.97 Å². The number of hydrogen-bond acceptors (Lipinski definition) is 4. The van der Waals surface area contributed by atoms with Gasteiger partial charge in [-0.3, -0.25) is 4.79 Å². The zero-order valence-electron chi connectivity index (χ0n) is 13.8. The highest BCUT2D eigenvalue weighted by Crippen LogP contribution is 2.23. The van der Waals surface area contributed by atoms with Gasteiger partial charge < -0.3 is 14.8 Å². The maximum absolute atomic E-state index is 11.9. The normalized spacial score (nSPS) is 20.8. The van der Waals surface area contributed by atoms with E-state index in [9.17, 15) is 9.59 Å². The number of ether oxygens (including phenoxy) is 2. The molecule has 23 heavy (non-hydrogen) atoms. The summed E-state index contributed by atoms with van der Waals surface area (Å²) in [6.45, 7) is 2.41. The first-order valence-electron chi connectivity index (χ1n) is 8.14. The summed E-state index contributed by atoms with van der Waals surface area (Å²) in [6.07, 6.45) is 4.50. The Morgan fingerprint density at radius 1 is 1.17 bits per heavy atom. The highest BCUT2D eigenvalue weighted by atomic mass is 16.5. The largest absolute Gasteiger partial charge is 0.452 e. The van der Waals surface area contributed by atoms with Crippen molar-refractivity contribution in [1.29, 1.82) is 0 Å². The van der Waals surface area contributed by atoms with E-state index in [-0.39, 0.29) is 18.6 Å². The summed E-state index contributed by atoms with van der Waals surface area (Å²) < 4.78 is 10.1. The maximum atomic E-state index is 11.9. The van der Waals surface area contributed by atoms with Crippen molar-refractivity contribution in [3.63, 3.8) is 0 Å². The minimum Gasteiger partial charge on any atom is -0.452 e. The number of methoxy groups -OCH3 is 1. The second-order valence-corrected chi connectivity index (χ2v) is 6.14. The van der Waals surface area contributed by atoms with Gasteiger partial charge in [-0.25, -0.2) is 4.79 Å². The Kier molecular flexibility index (Phi) is 6.59. The van der Waals surface area contributed by atoms with Crippen molar-refractivity contribution in [2.75, 3.05) is 13.7 Å². The van der Waals surface area contributed by atoms with Gasteiger partial charge in [0.1, 0.15) is 0 Å². The minimum absolute atomic E-state index is 0.197. The van der Waals surface area contributed by atoms with Crippen LogP contribution in [0, 0.1) is 5.92 Å². The van der Waals surface area contributed by atoms with Gasteiger partial charge in [0.05, 0.1) is 12.2 Å². The van der Waals surface area contributed by atoms with Gasteiger partial charge in [-0.2, -0.15) is 0 Å². The molecule has 0 bridgehead atoms. The summed E-state index contributed by atoms with van der Waals surface area (Å²) in [7, 11) is 1.62. The van der Waals surface area contributed by atoms with Crippen molar-refractivity contribution in [3.8, 4) is 0 Å². The molecule has 0 aliphatic heterocycles. The summed E-state index contributed by atoms with van der Waals surface area (Å²) in [5.74, 6) is -0.231. The van der Waals surface area contributed by atoms with Gasteiger partial charge in [0.15, 0.2) is 6.61 Å². The standard InChI is InChI=1S/C18H25NO4/c1-13-5-3-4-6-16(13)19-17(20)12-23-18(21)15-9-7-14(8-10-15)11-22-2/h7-10,13,16H,3-6,11-12H2,1-2H3,(H,19,20)/t13-,16+/m0/s1. The van der Waals surface area contributed by atoms with Crippen LogP contribution in [0.2, 0.25) is 0 Å². The molecule has 1 aliphatic carbocycles. The van der Waals surface area contributed by atoms with Crippen LogP contribution in [-0.2, 0) is 20.9 Å². The van der Waals surface area contributed by atoms with Crippen molar-refractivity contribution >= 4 is 11.9 Å². The lowest BCUT2D eigenvalue weighted by Gasteiger charge is -2.29. The number of hydrogen-bond donors (Lipinski definition) is 1. The molecule has 0 aromatic heterocycles. The van der Waals surface area contributed by atoms with Crippen LogP contribution in [0.25, 0.3) is 0 Å². The monoisotopic (exact) mass is 319 g/mol. The molecule has 0 spiro atoms. The van der Waals surface area contributed by atoms with Crippen molar-refractivity contribution in [1.82, 2.24) is 5.32 Å². The summed E-state index contributed by atoms with van der Waals surface area (Å²) >= 11 is 0. The van der Waals surface area contributed by atoms with Crippen molar-refractivity contribution in [2.45, 2.75) is 45.3 Å². The summed E-state index contributed by atoms with van der Waals surface area (Å²) in [4.78, 5) is 23.9. The summed E-state index contributed by atoms with van der Waals surface area (Å²) in [5.41, 5.74) is 1.41. The third-order valence-corrected chi connectivity index (χ3v) is 4.29. The zero-order chi connectivity index (χ0) is 16.7. The number of nitrogens with one attached hydrogen (secondary N) is 1. The molecule has 2 rings (SSSR count). The average Bonchev–Trinajstić information content (AvgIpc) is 2.56. The lowest BCUT2D eigenvalue weighted by molar-refractivity contribution is -0.125. The average molecular weight is 319 g/mol. The van der Waals surface area contributed by atoms with Crippen LogP contribution >= 0.6 is 0 Å². The molecule has 1 amide bonds. The van der Waals surface area contributed by atoms with E-state index in [4.69, 9.17) is 9.47 Å². The lowest BCUT2D eigenvalue weighted by Crippen LogP contribution is -2.42. The third kappa shape index (κ3) is 5.36. The fourth-order valence-electron chi connectivity index (χ4n) is 2.90. The number of esters is 1. The maximum Gasteiger partial charge on any atom is 0.338 e. The molecule has 0 radical (unpaired) electrons. The quantitative estimate of drug-likeness (QED) is 0.819. The van der Waals surface area contributed by atoms with Gasteiger partial charge in [0.25, 0.3) is 5.91 Å².